The van der Waals surface area contributed by atoms with Gasteiger partial charge in [-0.15, -0.1) is 11.8 Å². The number of hydrogen-bond acceptors (Lipinski definition) is 4. The Labute approximate surface area is 203 Å². The van der Waals surface area contributed by atoms with Crippen LogP contribution in [0.1, 0.15) is 18.1 Å². The van der Waals surface area contributed by atoms with Crippen LogP contribution in [0.25, 0.3) is 0 Å². The molecule has 170 valence electrons. The normalized spacial score (nSPS) is 16.2. The van der Waals surface area contributed by atoms with Crippen LogP contribution in [-0.4, -0.2) is 24.2 Å². The molecule has 1 heterocycles. The molecule has 0 saturated carbocycles. The third-order valence-corrected chi connectivity index (χ3v) is 7.55. The number of halogens is 1. The monoisotopic (exact) mass is 480 g/mol. The van der Waals surface area contributed by atoms with Gasteiger partial charge in [-0.1, -0.05) is 67.1 Å². The second-order valence-electron chi connectivity index (χ2n) is 7.84. The van der Waals surface area contributed by atoms with Crippen molar-refractivity contribution >= 4 is 40.9 Å². The van der Waals surface area contributed by atoms with Crippen LogP contribution in [0.3, 0.4) is 0 Å². The van der Waals surface area contributed by atoms with Crippen molar-refractivity contribution in [3.05, 3.63) is 88.9 Å². The Morgan fingerprint density at radius 1 is 1.06 bits per heavy atom. The molecule has 1 aliphatic heterocycles. The first-order valence-corrected chi connectivity index (χ1v) is 12.0. The average molecular weight is 481 g/mol. The molecule has 5 nitrogen and oxygen atoms in total. The number of fused-ring (bicyclic) bond motifs is 1. The summed E-state index contributed by atoms with van der Waals surface area (Å²) >= 11 is 7.81. The highest BCUT2D eigenvalue weighted by molar-refractivity contribution is 8.01. The number of methoxy groups -OCH3 is 1. The second-order valence-corrected chi connectivity index (χ2v) is 9.43. The smallest absolute Gasteiger partial charge is 0.241 e. The van der Waals surface area contributed by atoms with E-state index in [2.05, 4.69) is 5.32 Å². The quantitative estimate of drug-likeness (QED) is 0.498. The Hall–Kier alpha value is -2.96. The van der Waals surface area contributed by atoms with Gasteiger partial charge >= 0.3 is 0 Å². The predicted octanol–water partition coefficient (Wildman–Crippen LogP) is 5.31. The number of hydrogen-bond donors (Lipinski definition) is 1. The van der Waals surface area contributed by atoms with Gasteiger partial charge in [0.2, 0.25) is 11.8 Å². The van der Waals surface area contributed by atoms with E-state index >= 15 is 0 Å². The van der Waals surface area contributed by atoms with Crippen molar-refractivity contribution in [3.63, 3.8) is 0 Å². The van der Waals surface area contributed by atoms with E-state index in [9.17, 15) is 9.59 Å². The summed E-state index contributed by atoms with van der Waals surface area (Å²) in [6, 6.07) is 22.8. The van der Waals surface area contributed by atoms with Gasteiger partial charge in [-0.2, -0.15) is 0 Å². The molecule has 0 fully saturated rings. The maximum Gasteiger partial charge on any atom is 0.241 e. The van der Waals surface area contributed by atoms with Gasteiger partial charge in [-0.3, -0.25) is 9.59 Å². The van der Waals surface area contributed by atoms with E-state index in [-0.39, 0.29) is 11.8 Å². The summed E-state index contributed by atoms with van der Waals surface area (Å²) in [5.41, 5.74) is 2.58. The molecule has 0 radical (unpaired) electrons. The zero-order valence-corrected chi connectivity index (χ0v) is 20.0. The molecule has 0 aromatic heterocycles. The molecule has 0 unspecified atom stereocenters. The Kier molecular flexibility index (Phi) is 7.26. The van der Waals surface area contributed by atoms with Gasteiger partial charge in [0.1, 0.15) is 11.0 Å². The summed E-state index contributed by atoms with van der Waals surface area (Å²) in [4.78, 5) is 29.3. The molecular formula is C26H25ClN2O3S. The van der Waals surface area contributed by atoms with Gasteiger partial charge in [-0.25, -0.2) is 0 Å². The Balaban J connectivity index is 1.54. The third-order valence-electron chi connectivity index (χ3n) is 5.72. The summed E-state index contributed by atoms with van der Waals surface area (Å²) in [6.45, 7) is 2.48. The van der Waals surface area contributed by atoms with Crippen molar-refractivity contribution in [1.82, 2.24) is 5.32 Å². The first-order valence-electron chi connectivity index (χ1n) is 10.7. The number of thioether (sulfide) groups is 1. The van der Waals surface area contributed by atoms with Crippen LogP contribution in [-0.2, 0) is 22.7 Å². The molecule has 4 rings (SSSR count). The first-order chi connectivity index (χ1) is 16.0. The average Bonchev–Trinajstić information content (AvgIpc) is 2.85. The highest BCUT2D eigenvalue weighted by atomic mass is 35.5. The molecular weight excluding hydrogens is 456 g/mol. The maximum absolute atomic E-state index is 13.6. The van der Waals surface area contributed by atoms with Gasteiger partial charge in [0.05, 0.1) is 25.3 Å². The van der Waals surface area contributed by atoms with E-state index in [0.29, 0.717) is 23.9 Å². The lowest BCUT2D eigenvalue weighted by Crippen LogP contribution is -2.47. The van der Waals surface area contributed by atoms with Crippen molar-refractivity contribution < 1.29 is 14.3 Å². The fraction of sp³-hybridized carbons (Fsp3) is 0.231. The van der Waals surface area contributed by atoms with Crippen LogP contribution in [0, 0.1) is 5.92 Å². The summed E-state index contributed by atoms with van der Waals surface area (Å²) in [7, 11) is 1.60. The number of nitrogens with zero attached hydrogens (tertiary/aromatic N) is 1. The van der Waals surface area contributed by atoms with E-state index in [1.807, 2.05) is 72.8 Å². The molecule has 0 aliphatic carbocycles. The molecule has 0 saturated heterocycles. The van der Waals surface area contributed by atoms with E-state index in [1.165, 1.54) is 11.8 Å². The first kappa shape index (κ1) is 23.2. The van der Waals surface area contributed by atoms with E-state index in [4.69, 9.17) is 16.3 Å². The molecule has 0 bridgehead atoms. The third kappa shape index (κ3) is 5.02. The summed E-state index contributed by atoms with van der Waals surface area (Å²) in [5, 5.41) is 3.03. The number of carbonyl (C=O) groups excluding carboxylic acids is 2. The number of benzene rings is 3. The summed E-state index contributed by atoms with van der Waals surface area (Å²) in [6.07, 6.45) is 0. The molecule has 7 heteroatoms. The van der Waals surface area contributed by atoms with Gasteiger partial charge in [0.15, 0.2) is 0 Å². The topological polar surface area (TPSA) is 58.6 Å². The lowest BCUT2D eigenvalue weighted by molar-refractivity contribution is -0.128. The Morgan fingerprint density at radius 3 is 2.48 bits per heavy atom. The van der Waals surface area contributed by atoms with Crippen molar-refractivity contribution in [2.75, 3.05) is 12.0 Å². The number of rotatable bonds is 7. The van der Waals surface area contributed by atoms with E-state index in [1.54, 1.807) is 18.9 Å². The van der Waals surface area contributed by atoms with Gasteiger partial charge < -0.3 is 15.0 Å². The second kappa shape index (κ2) is 10.3. The molecule has 3 aromatic rings. The molecule has 3 aromatic carbocycles. The summed E-state index contributed by atoms with van der Waals surface area (Å²) in [5.74, 6) is -0.0879. The number of ether oxygens (including phenoxy) is 1. The van der Waals surface area contributed by atoms with Crippen LogP contribution >= 0.6 is 23.4 Å². The maximum atomic E-state index is 13.6. The minimum absolute atomic E-state index is 0.0986. The van der Waals surface area contributed by atoms with Crippen molar-refractivity contribution in [3.8, 4) is 5.75 Å². The van der Waals surface area contributed by atoms with Crippen LogP contribution in [0.15, 0.2) is 77.7 Å². The van der Waals surface area contributed by atoms with Gasteiger partial charge in [0.25, 0.3) is 0 Å². The minimum atomic E-state index is -0.542. The highest BCUT2D eigenvalue weighted by Crippen LogP contribution is 2.42. The number of carbonyl (C=O) groups is 2. The summed E-state index contributed by atoms with van der Waals surface area (Å²) < 4.78 is 5.36. The van der Waals surface area contributed by atoms with Crippen molar-refractivity contribution in [1.29, 1.82) is 0 Å². The number of para-hydroxylation sites is 2. The van der Waals surface area contributed by atoms with Crippen molar-refractivity contribution in [2.24, 2.45) is 5.92 Å². The van der Waals surface area contributed by atoms with Gasteiger partial charge in [-0.05, 0) is 29.8 Å². The molecule has 1 N–H and O–H groups in total. The molecule has 0 spiro atoms. The van der Waals surface area contributed by atoms with Crippen LogP contribution < -0.4 is 15.0 Å². The van der Waals surface area contributed by atoms with Crippen LogP contribution in [0.4, 0.5) is 5.69 Å². The standard InChI is InChI=1S/C26H25ClN2O3S/c1-17(25(30)28-15-18-9-4-7-13-22(18)32-2)24-26(31)29(16-19-10-3-5-11-20(19)27)21-12-6-8-14-23(21)33-24/h3-14,17,24H,15-16H2,1-2H3,(H,28,30)/t17-,24+/m1/s1. The highest BCUT2D eigenvalue weighted by Gasteiger charge is 2.39. The van der Waals surface area contributed by atoms with Crippen molar-refractivity contribution in [2.45, 2.75) is 30.2 Å². The van der Waals surface area contributed by atoms with Gasteiger partial charge in [0, 0.05) is 22.0 Å². The fourth-order valence-corrected chi connectivity index (χ4v) is 5.33. The van der Waals surface area contributed by atoms with Crippen LogP contribution in [0.2, 0.25) is 5.02 Å². The van der Waals surface area contributed by atoms with E-state index < -0.39 is 11.2 Å². The Bertz CT molecular complexity index is 1170. The van der Waals surface area contributed by atoms with E-state index in [0.717, 1.165) is 21.7 Å². The fourth-order valence-electron chi connectivity index (χ4n) is 3.85. The zero-order valence-electron chi connectivity index (χ0n) is 18.5. The number of nitrogens with one attached hydrogen (secondary N) is 1. The molecule has 2 amide bonds. The molecule has 1 aliphatic rings. The lowest BCUT2D eigenvalue weighted by atomic mass is 10.0. The number of anilines is 1. The largest absolute Gasteiger partial charge is 0.496 e. The zero-order chi connectivity index (χ0) is 23.4. The lowest BCUT2D eigenvalue weighted by Gasteiger charge is -2.36. The molecule has 2 atom stereocenters. The Morgan fingerprint density at radius 2 is 1.73 bits per heavy atom. The number of amides is 2. The molecule has 33 heavy (non-hydrogen) atoms. The minimum Gasteiger partial charge on any atom is -0.496 e. The van der Waals surface area contributed by atoms with Crippen LogP contribution in [0.5, 0.6) is 5.75 Å². The SMILES string of the molecule is COc1ccccc1CNC(=O)[C@H](C)[C@@H]1Sc2ccccc2N(Cc2ccccc2Cl)C1=O. The predicted molar refractivity (Wildman–Crippen MR) is 133 cm³/mol.